The van der Waals surface area contributed by atoms with E-state index >= 15 is 0 Å². The lowest BCUT2D eigenvalue weighted by Crippen LogP contribution is -2.23. The van der Waals surface area contributed by atoms with Gasteiger partial charge in [0.05, 0.1) is 10.5 Å². The Kier molecular flexibility index (Phi) is 9.25. The van der Waals surface area contributed by atoms with Crippen LogP contribution in [0, 0.1) is 0 Å². The summed E-state index contributed by atoms with van der Waals surface area (Å²) in [5.41, 5.74) is 8.49. The van der Waals surface area contributed by atoms with E-state index in [1.807, 2.05) is 18.2 Å². The number of carboxylic acids is 1. The number of hydrogen-bond donors (Lipinski definition) is 3. The molecule has 4 N–H and O–H groups in total. The molecule has 0 amide bonds. The van der Waals surface area contributed by atoms with Crippen LogP contribution in [0.4, 0.5) is 0 Å². The number of rotatable bonds is 8. The van der Waals surface area contributed by atoms with E-state index in [4.69, 9.17) is 5.73 Å². The van der Waals surface area contributed by atoms with Crippen molar-refractivity contribution in [2.75, 3.05) is 6.54 Å². The van der Waals surface area contributed by atoms with Crippen LogP contribution >= 0.6 is 0 Å². The molecule has 0 saturated carbocycles. The van der Waals surface area contributed by atoms with Gasteiger partial charge < -0.3 is 10.8 Å². The van der Waals surface area contributed by atoms with Gasteiger partial charge in [-0.2, -0.15) is 0 Å². The van der Waals surface area contributed by atoms with E-state index in [9.17, 15) is 18.3 Å². The molecule has 4 rings (SSSR count). The molecule has 0 saturated heterocycles. The first-order chi connectivity index (χ1) is 16.9. The fourth-order valence-corrected chi connectivity index (χ4v) is 4.42. The maximum absolute atomic E-state index is 12.4. The third-order valence-corrected chi connectivity index (χ3v) is 6.51. The second kappa shape index (κ2) is 12.6. The number of nitrogens with two attached hydrogens (primary N) is 1. The molecule has 0 atom stereocenters. The highest BCUT2D eigenvalue weighted by atomic mass is 32.2. The number of aromatic carboxylic acids is 1. The van der Waals surface area contributed by atoms with Crippen LogP contribution in [0.15, 0.2) is 108 Å². The molecule has 0 fully saturated rings. The zero-order valence-corrected chi connectivity index (χ0v) is 19.9. The van der Waals surface area contributed by atoms with Crippen molar-refractivity contribution < 1.29 is 18.3 Å². The Morgan fingerprint density at radius 2 is 1.46 bits per heavy atom. The summed E-state index contributed by atoms with van der Waals surface area (Å²) < 4.78 is 27.4. The highest BCUT2D eigenvalue weighted by Gasteiger charge is 2.16. The smallest absolute Gasteiger partial charge is 0.336 e. The number of sulfonamides is 1. The van der Waals surface area contributed by atoms with Crippen molar-refractivity contribution >= 4 is 16.0 Å². The zero-order valence-electron chi connectivity index (χ0n) is 19.0. The van der Waals surface area contributed by atoms with Crippen LogP contribution in [0.25, 0.3) is 11.1 Å². The Hall–Kier alpha value is -3.85. The van der Waals surface area contributed by atoms with Gasteiger partial charge in [0.15, 0.2) is 0 Å². The molecule has 3 aromatic carbocycles. The average Bonchev–Trinajstić information content (AvgIpc) is 2.89. The van der Waals surface area contributed by atoms with Crippen LogP contribution < -0.4 is 10.5 Å². The summed E-state index contributed by atoms with van der Waals surface area (Å²) in [7, 11) is -3.65. The summed E-state index contributed by atoms with van der Waals surface area (Å²) in [5, 5.41) is 9.41. The summed E-state index contributed by atoms with van der Waals surface area (Å²) in [6, 6.07) is 27.8. The van der Waals surface area contributed by atoms with Crippen LogP contribution in [0.2, 0.25) is 0 Å². The minimum Gasteiger partial charge on any atom is -0.478 e. The van der Waals surface area contributed by atoms with E-state index in [1.54, 1.807) is 66.9 Å². The maximum Gasteiger partial charge on any atom is 0.336 e. The Balaban J connectivity index is 0.000000320. The van der Waals surface area contributed by atoms with Gasteiger partial charge in [0.25, 0.3) is 0 Å². The number of benzene rings is 3. The van der Waals surface area contributed by atoms with Gasteiger partial charge >= 0.3 is 5.97 Å². The number of carbonyl (C=O) groups is 1. The Morgan fingerprint density at radius 3 is 2.11 bits per heavy atom. The van der Waals surface area contributed by atoms with E-state index in [2.05, 4.69) is 9.71 Å². The Morgan fingerprint density at radius 1 is 0.829 bits per heavy atom. The molecule has 180 valence electrons. The molecule has 0 aliphatic rings. The molecular weight excluding hydrogens is 462 g/mol. The van der Waals surface area contributed by atoms with E-state index in [1.165, 1.54) is 18.2 Å². The molecule has 4 aromatic rings. The second-order valence-corrected chi connectivity index (χ2v) is 9.27. The van der Waals surface area contributed by atoms with Crippen molar-refractivity contribution in [2.24, 2.45) is 5.73 Å². The number of hydrogen-bond acceptors (Lipinski definition) is 5. The van der Waals surface area contributed by atoms with E-state index in [0.717, 1.165) is 12.1 Å². The van der Waals surface area contributed by atoms with Crippen LogP contribution in [-0.2, 0) is 23.0 Å². The average molecular weight is 490 g/mol. The minimum atomic E-state index is -3.65. The third-order valence-electron chi connectivity index (χ3n) is 5.10. The topological polar surface area (TPSA) is 122 Å². The standard InChI is InChI=1S/C20H17NO4S.C7H10N2/c22-20(23)19-13-7-6-12-18(19)17-11-5-4-8-15(17)14-21-26(24,25)16-9-2-1-3-10-16;8-5-4-7-3-1-2-6-9-7/h1-13,21H,14H2,(H,22,23);1-3,6H,4-5,8H2. The monoisotopic (exact) mass is 489 g/mol. The molecule has 35 heavy (non-hydrogen) atoms. The zero-order chi connectivity index (χ0) is 25.1. The normalized spacial score (nSPS) is 10.8. The summed E-state index contributed by atoms with van der Waals surface area (Å²) in [5.74, 6) is -1.03. The summed E-state index contributed by atoms with van der Waals surface area (Å²) in [4.78, 5) is 15.8. The van der Waals surface area contributed by atoms with Gasteiger partial charge in [0.2, 0.25) is 10.0 Å². The lowest BCUT2D eigenvalue weighted by atomic mass is 9.95. The molecule has 1 aromatic heterocycles. The van der Waals surface area contributed by atoms with Gasteiger partial charge in [-0.05, 0) is 53.6 Å². The number of carboxylic acid groups (broad SMARTS) is 1. The molecule has 0 unspecified atom stereocenters. The summed E-state index contributed by atoms with van der Waals surface area (Å²) in [6.45, 7) is 0.734. The van der Waals surface area contributed by atoms with E-state index in [-0.39, 0.29) is 17.0 Å². The molecule has 0 bridgehead atoms. The molecule has 7 nitrogen and oxygen atoms in total. The Bertz CT molecular complexity index is 1350. The van der Waals surface area contributed by atoms with Gasteiger partial charge in [-0.1, -0.05) is 66.7 Å². The molecule has 8 heteroatoms. The van der Waals surface area contributed by atoms with Gasteiger partial charge in [-0.25, -0.2) is 17.9 Å². The highest BCUT2D eigenvalue weighted by molar-refractivity contribution is 7.89. The van der Waals surface area contributed by atoms with Crippen molar-refractivity contribution in [1.82, 2.24) is 9.71 Å². The van der Waals surface area contributed by atoms with Crippen molar-refractivity contribution in [3.63, 3.8) is 0 Å². The maximum atomic E-state index is 12.4. The van der Waals surface area contributed by atoms with E-state index < -0.39 is 16.0 Å². The fraction of sp³-hybridized carbons (Fsp3) is 0.111. The van der Waals surface area contributed by atoms with Gasteiger partial charge in [-0.15, -0.1) is 0 Å². The van der Waals surface area contributed by atoms with Crippen LogP contribution in [0.1, 0.15) is 21.6 Å². The summed E-state index contributed by atoms with van der Waals surface area (Å²) in [6.07, 6.45) is 2.66. The molecule has 0 aliphatic carbocycles. The predicted octanol–water partition coefficient (Wildman–Crippen LogP) is 4.11. The fourth-order valence-electron chi connectivity index (χ4n) is 3.39. The van der Waals surface area contributed by atoms with Gasteiger partial charge in [-0.3, -0.25) is 4.98 Å². The first-order valence-electron chi connectivity index (χ1n) is 11.0. The second-order valence-electron chi connectivity index (χ2n) is 7.51. The van der Waals surface area contributed by atoms with Crippen molar-refractivity contribution in [3.05, 3.63) is 120 Å². The van der Waals surface area contributed by atoms with Crippen molar-refractivity contribution in [3.8, 4) is 11.1 Å². The molecule has 0 radical (unpaired) electrons. The van der Waals surface area contributed by atoms with Crippen molar-refractivity contribution in [1.29, 1.82) is 0 Å². The number of aromatic nitrogens is 1. The first kappa shape index (κ1) is 25.8. The van der Waals surface area contributed by atoms with Gasteiger partial charge in [0.1, 0.15) is 0 Å². The SMILES string of the molecule is NCCc1ccccn1.O=C(O)c1ccccc1-c1ccccc1CNS(=O)(=O)c1ccccc1. The predicted molar refractivity (Wildman–Crippen MR) is 136 cm³/mol. The van der Waals surface area contributed by atoms with E-state index in [0.29, 0.717) is 23.2 Å². The molecule has 0 spiro atoms. The van der Waals surface area contributed by atoms with Gasteiger partial charge in [0, 0.05) is 24.9 Å². The third kappa shape index (κ3) is 7.31. The molecule has 0 aliphatic heterocycles. The van der Waals surface area contributed by atoms with Crippen molar-refractivity contribution in [2.45, 2.75) is 17.9 Å². The Labute approximate surface area is 205 Å². The largest absolute Gasteiger partial charge is 0.478 e. The number of pyridine rings is 1. The lowest BCUT2D eigenvalue weighted by molar-refractivity contribution is 0.0697. The number of nitrogens with one attached hydrogen (secondary N) is 1. The quantitative estimate of drug-likeness (QED) is 0.342. The first-order valence-corrected chi connectivity index (χ1v) is 12.5. The number of nitrogens with zero attached hydrogens (tertiary/aromatic N) is 1. The summed E-state index contributed by atoms with van der Waals surface area (Å²) >= 11 is 0. The van der Waals surface area contributed by atoms with Crippen LogP contribution in [-0.4, -0.2) is 31.0 Å². The van der Waals surface area contributed by atoms with Crippen LogP contribution in [0.3, 0.4) is 0 Å². The molecule has 1 heterocycles. The van der Waals surface area contributed by atoms with Crippen LogP contribution in [0.5, 0.6) is 0 Å². The lowest BCUT2D eigenvalue weighted by Gasteiger charge is -2.13. The molecular formula is C27H27N3O4S. The highest BCUT2D eigenvalue weighted by Crippen LogP contribution is 2.27. The minimum absolute atomic E-state index is 0.0569.